The predicted molar refractivity (Wildman–Crippen MR) is 84.6 cm³/mol. The number of thiophene rings is 1. The third-order valence-corrected chi connectivity index (χ3v) is 4.71. The summed E-state index contributed by atoms with van der Waals surface area (Å²) >= 11 is 1.22. The zero-order valence-electron chi connectivity index (χ0n) is 12.6. The van der Waals surface area contributed by atoms with Gasteiger partial charge in [-0.2, -0.15) is 0 Å². The Morgan fingerprint density at radius 3 is 2.45 bits per heavy atom. The van der Waals surface area contributed by atoms with E-state index in [1.165, 1.54) is 11.3 Å². The number of aliphatic carboxylic acids is 1. The van der Waals surface area contributed by atoms with E-state index in [0.29, 0.717) is 11.3 Å². The van der Waals surface area contributed by atoms with E-state index in [9.17, 15) is 18.0 Å². The van der Waals surface area contributed by atoms with Crippen molar-refractivity contribution < 1.29 is 23.1 Å². The van der Waals surface area contributed by atoms with E-state index < -0.39 is 27.9 Å². The van der Waals surface area contributed by atoms with Gasteiger partial charge in [0.2, 0.25) is 10.0 Å². The maximum Gasteiger partial charge on any atom is 0.326 e. The number of nitrogens with one attached hydrogen (secondary N) is 2. The van der Waals surface area contributed by atoms with Gasteiger partial charge in [0.25, 0.3) is 5.91 Å². The summed E-state index contributed by atoms with van der Waals surface area (Å²) in [6.45, 7) is 3.69. The summed E-state index contributed by atoms with van der Waals surface area (Å²) in [5, 5.41) is 11.5. The Hall–Kier alpha value is -1.45. The third kappa shape index (κ3) is 6.12. The van der Waals surface area contributed by atoms with Crippen LogP contribution in [-0.4, -0.2) is 44.2 Å². The molecular formula is C13H20N2O5S2. The molecule has 1 heterocycles. The fraction of sp³-hybridized carbons (Fsp3) is 0.538. The van der Waals surface area contributed by atoms with Crippen molar-refractivity contribution >= 4 is 33.2 Å². The van der Waals surface area contributed by atoms with Crippen LogP contribution in [0.5, 0.6) is 0 Å². The predicted octanol–water partition coefficient (Wildman–Crippen LogP) is 0.679. The second kappa shape index (κ2) is 7.70. The highest BCUT2D eigenvalue weighted by atomic mass is 32.2. The van der Waals surface area contributed by atoms with Crippen LogP contribution in [0.2, 0.25) is 0 Å². The number of sulfonamides is 1. The van der Waals surface area contributed by atoms with Crippen molar-refractivity contribution in [1.29, 1.82) is 0 Å². The van der Waals surface area contributed by atoms with E-state index in [-0.39, 0.29) is 12.5 Å². The van der Waals surface area contributed by atoms with Crippen LogP contribution in [0.3, 0.4) is 0 Å². The van der Waals surface area contributed by atoms with E-state index in [2.05, 4.69) is 10.0 Å². The number of hydrogen-bond acceptors (Lipinski definition) is 5. The van der Waals surface area contributed by atoms with Crippen LogP contribution >= 0.6 is 11.3 Å². The van der Waals surface area contributed by atoms with Gasteiger partial charge in [-0.15, -0.1) is 11.3 Å². The van der Waals surface area contributed by atoms with Crippen molar-refractivity contribution in [2.45, 2.75) is 26.3 Å². The van der Waals surface area contributed by atoms with Crippen LogP contribution in [0.25, 0.3) is 0 Å². The number of hydrogen-bond donors (Lipinski definition) is 3. The first kappa shape index (κ1) is 18.6. The van der Waals surface area contributed by atoms with Crippen molar-refractivity contribution in [2.75, 3.05) is 12.8 Å². The topological polar surface area (TPSA) is 113 Å². The molecule has 0 aliphatic rings. The molecule has 1 atom stereocenters. The van der Waals surface area contributed by atoms with E-state index in [1.807, 2.05) is 0 Å². The van der Waals surface area contributed by atoms with Crippen molar-refractivity contribution in [3.05, 3.63) is 21.9 Å². The summed E-state index contributed by atoms with van der Waals surface area (Å²) in [4.78, 5) is 24.4. The lowest BCUT2D eigenvalue weighted by Crippen LogP contribution is -2.44. The van der Waals surface area contributed by atoms with Crippen LogP contribution in [0.4, 0.5) is 0 Å². The number of carboxylic acid groups (broad SMARTS) is 1. The minimum absolute atomic E-state index is 0.222. The van der Waals surface area contributed by atoms with Gasteiger partial charge < -0.3 is 10.4 Å². The third-order valence-electron chi connectivity index (χ3n) is 2.84. The zero-order chi connectivity index (χ0) is 16.9. The van der Waals surface area contributed by atoms with E-state index in [4.69, 9.17) is 5.11 Å². The van der Waals surface area contributed by atoms with Crippen LogP contribution in [-0.2, 0) is 21.2 Å². The maximum absolute atomic E-state index is 12.0. The molecule has 124 valence electrons. The largest absolute Gasteiger partial charge is 0.480 e. The standard InChI is InChI=1S/C13H20N2O5S2/c1-8(2)11(13(17)18)15-12(16)10-5-4-9(21-10)6-7-14-22(3,19)20/h4-5,8,11,14H,6-7H2,1-3H3,(H,15,16)(H,17,18)/t11-/m1/s1. The average molecular weight is 348 g/mol. The van der Waals surface area contributed by atoms with Gasteiger partial charge in [0.15, 0.2) is 0 Å². The zero-order valence-corrected chi connectivity index (χ0v) is 14.3. The number of amides is 1. The van der Waals surface area contributed by atoms with Gasteiger partial charge in [0, 0.05) is 11.4 Å². The van der Waals surface area contributed by atoms with Crippen molar-refractivity contribution in [3.8, 4) is 0 Å². The maximum atomic E-state index is 12.0. The Balaban J connectivity index is 2.63. The molecule has 1 amide bonds. The van der Waals surface area contributed by atoms with Crippen molar-refractivity contribution in [2.24, 2.45) is 5.92 Å². The van der Waals surface area contributed by atoms with Gasteiger partial charge >= 0.3 is 5.97 Å². The average Bonchev–Trinajstić information content (AvgIpc) is 2.82. The lowest BCUT2D eigenvalue weighted by Gasteiger charge is -2.17. The lowest BCUT2D eigenvalue weighted by molar-refractivity contribution is -0.140. The Morgan fingerprint density at radius 1 is 1.32 bits per heavy atom. The SMILES string of the molecule is CC(C)[C@@H](NC(=O)c1ccc(CCNS(C)(=O)=O)s1)C(=O)O. The lowest BCUT2D eigenvalue weighted by atomic mass is 10.0. The molecule has 0 saturated heterocycles. The Labute approximate surface area is 133 Å². The number of carbonyl (C=O) groups excluding carboxylic acids is 1. The van der Waals surface area contributed by atoms with Crippen molar-refractivity contribution in [3.63, 3.8) is 0 Å². The summed E-state index contributed by atoms with van der Waals surface area (Å²) in [6, 6.07) is 2.40. The second-order valence-corrected chi connectivity index (χ2v) is 8.22. The molecule has 0 bridgehead atoms. The molecule has 0 radical (unpaired) electrons. The fourth-order valence-electron chi connectivity index (χ4n) is 1.72. The smallest absolute Gasteiger partial charge is 0.326 e. The highest BCUT2D eigenvalue weighted by molar-refractivity contribution is 7.88. The number of rotatable bonds is 8. The molecule has 0 aliphatic carbocycles. The number of carbonyl (C=O) groups is 2. The molecule has 3 N–H and O–H groups in total. The molecule has 7 nitrogen and oxygen atoms in total. The molecule has 0 aliphatic heterocycles. The minimum atomic E-state index is -3.23. The molecule has 1 rings (SSSR count). The van der Waals surface area contributed by atoms with Gasteiger partial charge in [-0.25, -0.2) is 17.9 Å². The minimum Gasteiger partial charge on any atom is -0.480 e. The normalized spacial score (nSPS) is 13.1. The summed E-state index contributed by atoms with van der Waals surface area (Å²) in [7, 11) is -3.23. The van der Waals surface area contributed by atoms with E-state index in [0.717, 1.165) is 11.1 Å². The fourth-order valence-corrected chi connectivity index (χ4v) is 3.10. The van der Waals surface area contributed by atoms with Gasteiger partial charge in [-0.3, -0.25) is 4.79 Å². The van der Waals surface area contributed by atoms with Gasteiger partial charge in [-0.1, -0.05) is 13.8 Å². The van der Waals surface area contributed by atoms with Crippen LogP contribution in [0.1, 0.15) is 28.4 Å². The molecule has 1 aromatic rings. The molecule has 22 heavy (non-hydrogen) atoms. The first-order valence-corrected chi connectivity index (χ1v) is 9.38. The van der Waals surface area contributed by atoms with E-state index >= 15 is 0 Å². The van der Waals surface area contributed by atoms with Gasteiger partial charge in [0.05, 0.1) is 11.1 Å². The van der Waals surface area contributed by atoms with E-state index in [1.54, 1.807) is 26.0 Å². The van der Waals surface area contributed by atoms with Gasteiger partial charge in [-0.05, 0) is 24.5 Å². The second-order valence-electron chi connectivity index (χ2n) is 5.22. The van der Waals surface area contributed by atoms with Crippen LogP contribution < -0.4 is 10.0 Å². The Bertz CT molecular complexity index is 637. The van der Waals surface area contributed by atoms with Gasteiger partial charge in [0.1, 0.15) is 6.04 Å². The summed E-state index contributed by atoms with van der Waals surface area (Å²) in [5.41, 5.74) is 0. The van der Waals surface area contributed by atoms with Crippen molar-refractivity contribution in [1.82, 2.24) is 10.0 Å². The molecule has 0 saturated carbocycles. The Kier molecular flexibility index (Phi) is 6.51. The molecule has 0 spiro atoms. The highest BCUT2D eigenvalue weighted by Crippen LogP contribution is 2.17. The molecule has 1 aromatic heterocycles. The van der Waals surface area contributed by atoms with Crippen LogP contribution in [0, 0.1) is 5.92 Å². The summed E-state index contributed by atoms with van der Waals surface area (Å²) in [5.74, 6) is -1.73. The molecule has 9 heteroatoms. The summed E-state index contributed by atoms with van der Waals surface area (Å²) in [6.07, 6.45) is 1.55. The molecule has 0 unspecified atom stereocenters. The highest BCUT2D eigenvalue weighted by Gasteiger charge is 2.24. The van der Waals surface area contributed by atoms with Crippen LogP contribution in [0.15, 0.2) is 12.1 Å². The quantitative estimate of drug-likeness (QED) is 0.639. The first-order valence-electron chi connectivity index (χ1n) is 6.67. The first-order chi connectivity index (χ1) is 10.1. The molecule has 0 aromatic carbocycles. The Morgan fingerprint density at radius 2 is 1.95 bits per heavy atom. The summed E-state index contributed by atoms with van der Waals surface area (Å²) < 4.78 is 24.3. The monoisotopic (exact) mass is 348 g/mol. The molecular weight excluding hydrogens is 328 g/mol. The molecule has 0 fully saturated rings. The number of carboxylic acids is 1.